The summed E-state index contributed by atoms with van der Waals surface area (Å²) in [4.78, 5) is -0.128. The highest BCUT2D eigenvalue weighted by molar-refractivity contribution is 7.91. The van der Waals surface area contributed by atoms with Gasteiger partial charge in [-0.05, 0) is 62.6 Å². The molecule has 0 amide bonds. The summed E-state index contributed by atoms with van der Waals surface area (Å²) >= 11 is 0. The van der Waals surface area contributed by atoms with Crippen LogP contribution in [-0.4, -0.2) is 18.6 Å². The summed E-state index contributed by atoms with van der Waals surface area (Å²) in [6, 6.07) is 6.06. The maximum atomic E-state index is 12.8. The monoisotopic (exact) mass is 306 g/mol. The van der Waals surface area contributed by atoms with Gasteiger partial charge in [-0.2, -0.15) is 0 Å². The number of sulfone groups is 1. The van der Waals surface area contributed by atoms with Crippen molar-refractivity contribution in [3.63, 3.8) is 0 Å². The minimum atomic E-state index is -3.89. The topological polar surface area (TPSA) is 74.6 Å². The fourth-order valence-electron chi connectivity index (χ4n) is 2.20. The molecular formula is C16H18O4S. The summed E-state index contributed by atoms with van der Waals surface area (Å²) in [7, 11) is -3.89. The van der Waals surface area contributed by atoms with Crippen molar-refractivity contribution in [1.82, 2.24) is 0 Å². The van der Waals surface area contributed by atoms with E-state index in [-0.39, 0.29) is 26.9 Å². The van der Waals surface area contributed by atoms with Crippen molar-refractivity contribution in [3.05, 3.63) is 46.5 Å². The molecule has 0 fully saturated rings. The van der Waals surface area contributed by atoms with Crippen molar-refractivity contribution < 1.29 is 18.6 Å². The highest BCUT2D eigenvalue weighted by Gasteiger charge is 2.26. The van der Waals surface area contributed by atoms with Gasteiger partial charge in [0.1, 0.15) is 16.4 Å². The van der Waals surface area contributed by atoms with Crippen molar-refractivity contribution in [2.24, 2.45) is 0 Å². The minimum Gasteiger partial charge on any atom is -0.508 e. The van der Waals surface area contributed by atoms with E-state index < -0.39 is 9.84 Å². The molecular weight excluding hydrogens is 288 g/mol. The molecule has 0 spiro atoms. The third kappa shape index (κ3) is 2.49. The molecule has 0 saturated heterocycles. The number of benzene rings is 2. The molecule has 5 heteroatoms. The number of aromatic hydroxyl groups is 2. The molecule has 2 aromatic rings. The Morgan fingerprint density at radius 3 is 2.10 bits per heavy atom. The predicted molar refractivity (Wildman–Crippen MR) is 80.6 cm³/mol. The van der Waals surface area contributed by atoms with Crippen LogP contribution in [0.15, 0.2) is 34.1 Å². The van der Waals surface area contributed by atoms with Crippen LogP contribution in [0.3, 0.4) is 0 Å². The van der Waals surface area contributed by atoms with Gasteiger partial charge in [-0.25, -0.2) is 8.42 Å². The van der Waals surface area contributed by atoms with Crippen LogP contribution in [0.5, 0.6) is 11.5 Å². The van der Waals surface area contributed by atoms with Crippen LogP contribution >= 0.6 is 0 Å². The van der Waals surface area contributed by atoms with E-state index in [1.165, 1.54) is 18.2 Å². The van der Waals surface area contributed by atoms with Gasteiger partial charge in [-0.3, -0.25) is 0 Å². The van der Waals surface area contributed by atoms with Gasteiger partial charge >= 0.3 is 0 Å². The van der Waals surface area contributed by atoms with E-state index in [9.17, 15) is 18.6 Å². The summed E-state index contributed by atoms with van der Waals surface area (Å²) in [5.41, 5.74) is 2.26. The Morgan fingerprint density at radius 1 is 0.857 bits per heavy atom. The maximum Gasteiger partial charge on any atom is 0.210 e. The molecule has 0 radical (unpaired) electrons. The van der Waals surface area contributed by atoms with Crippen LogP contribution in [0.2, 0.25) is 0 Å². The SMILES string of the molecule is Cc1cc(O)c(C)c(S(=O)(=O)c2ccc(C)c(C)c2O)c1. The first-order valence-electron chi connectivity index (χ1n) is 6.50. The average Bonchev–Trinajstić information content (AvgIpc) is 2.39. The van der Waals surface area contributed by atoms with Crippen molar-refractivity contribution in [1.29, 1.82) is 0 Å². The van der Waals surface area contributed by atoms with Gasteiger partial charge in [-0.15, -0.1) is 0 Å². The third-order valence-corrected chi connectivity index (χ3v) is 5.63. The highest BCUT2D eigenvalue weighted by atomic mass is 32.2. The fourth-order valence-corrected chi connectivity index (χ4v) is 3.94. The van der Waals surface area contributed by atoms with Crippen molar-refractivity contribution in [3.8, 4) is 11.5 Å². The molecule has 0 saturated carbocycles. The fraction of sp³-hybridized carbons (Fsp3) is 0.250. The molecule has 2 N–H and O–H groups in total. The van der Waals surface area contributed by atoms with Gasteiger partial charge in [0.25, 0.3) is 0 Å². The Kier molecular flexibility index (Phi) is 3.72. The summed E-state index contributed by atoms with van der Waals surface area (Å²) in [6.07, 6.45) is 0. The Labute approximate surface area is 124 Å². The molecule has 112 valence electrons. The van der Waals surface area contributed by atoms with E-state index in [0.717, 1.165) is 5.56 Å². The van der Waals surface area contributed by atoms with E-state index >= 15 is 0 Å². The third-order valence-electron chi connectivity index (χ3n) is 3.72. The molecule has 0 atom stereocenters. The summed E-state index contributed by atoms with van der Waals surface area (Å²) in [6.45, 7) is 6.72. The van der Waals surface area contributed by atoms with Crippen LogP contribution in [0.1, 0.15) is 22.3 Å². The molecule has 0 unspecified atom stereocenters. The average molecular weight is 306 g/mol. The lowest BCUT2D eigenvalue weighted by molar-refractivity contribution is 0.453. The van der Waals surface area contributed by atoms with Crippen molar-refractivity contribution >= 4 is 9.84 Å². The van der Waals surface area contributed by atoms with Crippen LogP contribution in [0.25, 0.3) is 0 Å². The molecule has 0 aliphatic carbocycles. The van der Waals surface area contributed by atoms with E-state index in [1.807, 2.05) is 0 Å². The number of hydrogen-bond acceptors (Lipinski definition) is 4. The second kappa shape index (κ2) is 5.07. The molecule has 2 aromatic carbocycles. The number of rotatable bonds is 2. The molecule has 0 bridgehead atoms. The molecule has 4 nitrogen and oxygen atoms in total. The number of phenolic OH excluding ortho intramolecular Hbond substituents is 2. The number of aryl methyl sites for hydroxylation is 2. The van der Waals surface area contributed by atoms with Gasteiger partial charge < -0.3 is 10.2 Å². The normalized spacial score (nSPS) is 11.6. The predicted octanol–water partition coefficient (Wildman–Crippen LogP) is 3.16. The zero-order valence-corrected chi connectivity index (χ0v) is 13.2. The summed E-state index contributed by atoms with van der Waals surface area (Å²) in [5, 5.41) is 20.0. The van der Waals surface area contributed by atoms with E-state index in [2.05, 4.69) is 0 Å². The zero-order chi connectivity index (χ0) is 15.9. The second-order valence-corrected chi connectivity index (χ2v) is 7.15. The minimum absolute atomic E-state index is 0.0125. The van der Waals surface area contributed by atoms with Crippen LogP contribution < -0.4 is 0 Å². The molecule has 0 aliphatic heterocycles. The zero-order valence-electron chi connectivity index (χ0n) is 12.4. The van der Waals surface area contributed by atoms with Gasteiger partial charge in [0, 0.05) is 5.56 Å². The van der Waals surface area contributed by atoms with Crippen LogP contribution in [0.4, 0.5) is 0 Å². The first-order chi connectivity index (χ1) is 9.66. The second-order valence-electron chi connectivity index (χ2n) is 5.26. The first kappa shape index (κ1) is 15.4. The lowest BCUT2D eigenvalue weighted by Crippen LogP contribution is -2.06. The van der Waals surface area contributed by atoms with E-state index in [0.29, 0.717) is 11.1 Å². The standard InChI is InChI=1S/C16H18O4S/c1-9-7-13(17)12(4)15(8-9)21(19,20)14-6-5-10(2)11(3)16(14)18/h5-8,17-18H,1-4H3. The van der Waals surface area contributed by atoms with Crippen molar-refractivity contribution in [2.45, 2.75) is 37.5 Å². The Balaban J connectivity index is 2.78. The molecule has 0 heterocycles. The summed E-state index contributed by atoms with van der Waals surface area (Å²) in [5.74, 6) is -0.313. The first-order valence-corrected chi connectivity index (χ1v) is 7.99. The van der Waals surface area contributed by atoms with Gasteiger partial charge in [0.05, 0.1) is 4.90 Å². The van der Waals surface area contributed by atoms with Crippen LogP contribution in [0, 0.1) is 27.7 Å². The quantitative estimate of drug-likeness (QED) is 0.893. The Morgan fingerprint density at radius 2 is 1.48 bits per heavy atom. The smallest absolute Gasteiger partial charge is 0.210 e. The number of hydrogen-bond donors (Lipinski definition) is 2. The summed E-state index contributed by atoms with van der Waals surface area (Å²) < 4.78 is 25.5. The van der Waals surface area contributed by atoms with Gasteiger partial charge in [0.2, 0.25) is 9.84 Å². The van der Waals surface area contributed by atoms with Gasteiger partial charge in [0.15, 0.2) is 0 Å². The maximum absolute atomic E-state index is 12.8. The lowest BCUT2D eigenvalue weighted by atomic mass is 10.1. The molecule has 0 aromatic heterocycles. The Hall–Kier alpha value is -2.01. The molecule has 2 rings (SSSR count). The van der Waals surface area contributed by atoms with Crippen LogP contribution in [-0.2, 0) is 9.84 Å². The van der Waals surface area contributed by atoms with Gasteiger partial charge in [-0.1, -0.05) is 6.07 Å². The Bertz CT molecular complexity index is 821. The van der Waals surface area contributed by atoms with E-state index in [4.69, 9.17) is 0 Å². The van der Waals surface area contributed by atoms with E-state index in [1.54, 1.807) is 33.8 Å². The molecule has 21 heavy (non-hydrogen) atoms. The van der Waals surface area contributed by atoms with Crippen molar-refractivity contribution in [2.75, 3.05) is 0 Å². The molecule has 0 aliphatic rings. The number of phenols is 2. The lowest BCUT2D eigenvalue weighted by Gasteiger charge is -2.13. The highest BCUT2D eigenvalue weighted by Crippen LogP contribution is 2.36. The largest absolute Gasteiger partial charge is 0.508 e.